The molecule has 4 aromatic rings. The van der Waals surface area contributed by atoms with Crippen LogP contribution in [0.3, 0.4) is 0 Å². The van der Waals surface area contributed by atoms with Crippen LogP contribution in [-0.4, -0.2) is 27.8 Å². The molecule has 0 fully saturated rings. The number of amides is 1. The number of methoxy groups -OCH3 is 1. The fourth-order valence-corrected chi connectivity index (χ4v) is 3.91. The van der Waals surface area contributed by atoms with Crippen molar-refractivity contribution in [3.8, 4) is 5.75 Å². The van der Waals surface area contributed by atoms with Gasteiger partial charge in [0.1, 0.15) is 22.7 Å². The van der Waals surface area contributed by atoms with Crippen LogP contribution in [0.25, 0.3) is 10.2 Å². The van der Waals surface area contributed by atoms with Crippen molar-refractivity contribution >= 4 is 32.6 Å². The third-order valence-corrected chi connectivity index (χ3v) is 5.23. The molecule has 0 aliphatic carbocycles. The van der Waals surface area contributed by atoms with Crippen LogP contribution >= 0.6 is 11.3 Å². The minimum atomic E-state index is -0.187. The molecule has 7 nitrogen and oxygen atoms in total. The molecule has 0 aliphatic rings. The Morgan fingerprint density at radius 3 is 2.85 bits per heavy atom. The van der Waals surface area contributed by atoms with Gasteiger partial charge in [-0.15, -0.1) is 0 Å². The first-order valence-electron chi connectivity index (χ1n) is 8.35. The molecule has 0 N–H and O–H groups in total. The molecule has 3 aromatic heterocycles. The van der Waals surface area contributed by atoms with E-state index >= 15 is 0 Å². The summed E-state index contributed by atoms with van der Waals surface area (Å²) >= 11 is 1.44. The highest BCUT2D eigenvalue weighted by Gasteiger charge is 2.25. The van der Waals surface area contributed by atoms with Gasteiger partial charge in [0.15, 0.2) is 5.13 Å². The molecule has 0 spiro atoms. The monoisotopic (exact) mass is 382 g/mol. The van der Waals surface area contributed by atoms with Crippen LogP contribution in [0, 0.1) is 6.92 Å². The average molecular weight is 382 g/mol. The number of hydrogen-bond donors (Lipinski definition) is 0. The molecule has 0 saturated carbocycles. The summed E-state index contributed by atoms with van der Waals surface area (Å²) in [6, 6.07) is 11.1. The van der Waals surface area contributed by atoms with Crippen LogP contribution < -0.4 is 9.64 Å². The summed E-state index contributed by atoms with van der Waals surface area (Å²) in [6.45, 7) is 2.13. The van der Waals surface area contributed by atoms with E-state index in [2.05, 4.69) is 10.1 Å². The van der Waals surface area contributed by atoms with E-state index < -0.39 is 0 Å². The Bertz CT molecular complexity index is 1100. The van der Waals surface area contributed by atoms with Crippen molar-refractivity contribution in [2.24, 2.45) is 7.05 Å². The zero-order valence-corrected chi connectivity index (χ0v) is 16.0. The zero-order valence-electron chi connectivity index (χ0n) is 15.2. The van der Waals surface area contributed by atoms with Gasteiger partial charge in [-0.25, -0.2) is 4.98 Å². The van der Waals surface area contributed by atoms with Gasteiger partial charge in [-0.3, -0.25) is 14.4 Å². The molecule has 27 heavy (non-hydrogen) atoms. The van der Waals surface area contributed by atoms with Gasteiger partial charge in [-0.1, -0.05) is 17.4 Å². The Balaban J connectivity index is 1.80. The average Bonchev–Trinajstić information content (AvgIpc) is 3.38. The number of benzene rings is 1. The molecule has 8 heteroatoms. The summed E-state index contributed by atoms with van der Waals surface area (Å²) in [5.41, 5.74) is 2.01. The molecule has 138 valence electrons. The minimum Gasteiger partial charge on any atom is -0.494 e. The third-order valence-electron chi connectivity index (χ3n) is 4.18. The predicted molar refractivity (Wildman–Crippen MR) is 103 cm³/mol. The lowest BCUT2D eigenvalue weighted by molar-refractivity contribution is 0.0974. The third kappa shape index (κ3) is 3.19. The van der Waals surface area contributed by atoms with Crippen LogP contribution in [-0.2, 0) is 13.6 Å². The Kier molecular flexibility index (Phi) is 4.41. The summed E-state index contributed by atoms with van der Waals surface area (Å²) in [5, 5.41) is 4.86. The van der Waals surface area contributed by atoms with E-state index in [0.717, 1.165) is 15.9 Å². The number of carbonyl (C=O) groups excluding carboxylic acids is 1. The number of fused-ring (bicyclic) bond motifs is 1. The molecule has 0 bridgehead atoms. The smallest absolute Gasteiger partial charge is 0.278 e. The maximum absolute atomic E-state index is 13.3. The van der Waals surface area contributed by atoms with Crippen LogP contribution in [0.2, 0.25) is 0 Å². The van der Waals surface area contributed by atoms with Gasteiger partial charge >= 0.3 is 0 Å². The van der Waals surface area contributed by atoms with Crippen molar-refractivity contribution in [3.05, 3.63) is 59.8 Å². The molecule has 4 rings (SSSR count). The van der Waals surface area contributed by atoms with Crippen molar-refractivity contribution in [2.75, 3.05) is 12.0 Å². The molecule has 1 aromatic carbocycles. The second-order valence-corrected chi connectivity index (χ2v) is 7.08. The van der Waals surface area contributed by atoms with Crippen LogP contribution in [0.5, 0.6) is 5.75 Å². The van der Waals surface area contributed by atoms with Crippen molar-refractivity contribution in [3.63, 3.8) is 0 Å². The van der Waals surface area contributed by atoms with E-state index in [4.69, 9.17) is 9.15 Å². The molecule has 0 atom stereocenters. The van der Waals surface area contributed by atoms with Gasteiger partial charge in [0.05, 0.1) is 30.3 Å². The number of ether oxygens (including phenoxy) is 1. The summed E-state index contributed by atoms with van der Waals surface area (Å²) < 4.78 is 13.4. The molecule has 3 heterocycles. The van der Waals surface area contributed by atoms with Gasteiger partial charge < -0.3 is 9.15 Å². The predicted octanol–water partition coefficient (Wildman–Crippen LogP) is 3.79. The number of carbonyl (C=O) groups is 1. The largest absolute Gasteiger partial charge is 0.494 e. The first-order valence-corrected chi connectivity index (χ1v) is 9.17. The molecule has 0 saturated heterocycles. The Morgan fingerprint density at radius 2 is 2.19 bits per heavy atom. The number of aromatic nitrogens is 3. The van der Waals surface area contributed by atoms with Crippen LogP contribution in [0.1, 0.15) is 21.9 Å². The van der Waals surface area contributed by atoms with E-state index in [1.807, 2.05) is 31.2 Å². The summed E-state index contributed by atoms with van der Waals surface area (Å²) in [5.74, 6) is 1.16. The Hall–Kier alpha value is -3.13. The summed E-state index contributed by atoms with van der Waals surface area (Å²) in [6.07, 6.45) is 1.59. The van der Waals surface area contributed by atoms with E-state index in [-0.39, 0.29) is 12.5 Å². The maximum Gasteiger partial charge on any atom is 0.278 e. The number of hydrogen-bond acceptors (Lipinski definition) is 6. The van der Waals surface area contributed by atoms with Gasteiger partial charge in [0.2, 0.25) is 0 Å². The number of aryl methyl sites for hydroxylation is 2. The fourth-order valence-electron chi connectivity index (χ4n) is 2.93. The van der Waals surface area contributed by atoms with Crippen LogP contribution in [0.4, 0.5) is 5.13 Å². The molecule has 0 radical (unpaired) electrons. The highest BCUT2D eigenvalue weighted by atomic mass is 32.1. The van der Waals surface area contributed by atoms with E-state index in [0.29, 0.717) is 22.3 Å². The number of rotatable bonds is 5. The molecule has 1 amide bonds. The number of para-hydroxylation sites is 1. The van der Waals surface area contributed by atoms with E-state index in [9.17, 15) is 4.79 Å². The second-order valence-electron chi connectivity index (χ2n) is 6.07. The first-order chi connectivity index (χ1) is 13.1. The Labute approximate surface area is 159 Å². The zero-order chi connectivity index (χ0) is 19.0. The van der Waals surface area contributed by atoms with Gasteiger partial charge in [-0.05, 0) is 37.3 Å². The number of nitrogens with zero attached hydrogens (tertiary/aromatic N) is 4. The molecule has 0 unspecified atom stereocenters. The van der Waals surface area contributed by atoms with E-state index in [1.54, 1.807) is 42.1 Å². The van der Waals surface area contributed by atoms with Crippen molar-refractivity contribution in [1.82, 2.24) is 14.8 Å². The second kappa shape index (κ2) is 6.88. The van der Waals surface area contributed by atoms with Gasteiger partial charge in [-0.2, -0.15) is 5.10 Å². The molecular formula is C19H18N4O3S. The fraction of sp³-hybridized carbons (Fsp3) is 0.211. The maximum atomic E-state index is 13.3. The van der Waals surface area contributed by atoms with Gasteiger partial charge in [0.25, 0.3) is 5.91 Å². The van der Waals surface area contributed by atoms with E-state index in [1.165, 1.54) is 11.3 Å². The summed E-state index contributed by atoms with van der Waals surface area (Å²) in [7, 11) is 3.37. The quantitative estimate of drug-likeness (QED) is 0.525. The van der Waals surface area contributed by atoms with Crippen molar-refractivity contribution in [2.45, 2.75) is 13.5 Å². The standard InChI is InChI=1S/C19H18N4O3S/c1-12-10-14(22(2)21-12)18(24)23(11-13-6-5-9-26-13)19-20-17-15(25-3)7-4-8-16(17)27-19/h4-10H,11H2,1-3H3. The Morgan fingerprint density at radius 1 is 1.33 bits per heavy atom. The van der Waals surface area contributed by atoms with Crippen molar-refractivity contribution in [1.29, 1.82) is 0 Å². The summed E-state index contributed by atoms with van der Waals surface area (Å²) in [4.78, 5) is 19.6. The number of anilines is 1. The lowest BCUT2D eigenvalue weighted by atomic mass is 10.3. The number of furan rings is 1. The highest BCUT2D eigenvalue weighted by Crippen LogP contribution is 2.35. The van der Waals surface area contributed by atoms with Crippen LogP contribution in [0.15, 0.2) is 47.1 Å². The minimum absolute atomic E-state index is 0.187. The SMILES string of the molecule is COc1cccc2sc(N(Cc3ccco3)C(=O)c3cc(C)nn3C)nc12. The molecular weight excluding hydrogens is 364 g/mol. The normalized spacial score (nSPS) is 11.1. The lowest BCUT2D eigenvalue weighted by Gasteiger charge is -2.18. The number of thiazole rings is 1. The first kappa shape index (κ1) is 17.3. The van der Waals surface area contributed by atoms with Crippen molar-refractivity contribution < 1.29 is 13.9 Å². The lowest BCUT2D eigenvalue weighted by Crippen LogP contribution is -2.31. The highest BCUT2D eigenvalue weighted by molar-refractivity contribution is 7.22. The topological polar surface area (TPSA) is 73.4 Å². The van der Waals surface area contributed by atoms with Gasteiger partial charge in [0, 0.05) is 7.05 Å². The molecule has 0 aliphatic heterocycles.